The van der Waals surface area contributed by atoms with E-state index in [9.17, 15) is 0 Å². The Kier molecular flexibility index (Phi) is 4.01. The van der Waals surface area contributed by atoms with Crippen LogP contribution in [0.5, 0.6) is 5.75 Å². The Morgan fingerprint density at radius 2 is 1.90 bits per heavy atom. The fourth-order valence-corrected chi connectivity index (χ4v) is 2.30. The minimum Gasteiger partial charge on any atom is -0.489 e. The van der Waals surface area contributed by atoms with Crippen LogP contribution in [0.2, 0.25) is 0 Å². The number of benzene rings is 2. The minimum absolute atomic E-state index is 0.573. The summed E-state index contributed by atoms with van der Waals surface area (Å²) in [5.74, 6) is 0.860. The highest BCUT2D eigenvalue weighted by molar-refractivity contribution is 5.92. The van der Waals surface area contributed by atoms with Gasteiger partial charge in [-0.1, -0.05) is 30.3 Å². The second kappa shape index (κ2) is 6.27. The lowest BCUT2D eigenvalue weighted by molar-refractivity contribution is 0.306. The maximum atomic E-state index is 5.88. The lowest BCUT2D eigenvalue weighted by atomic mass is 10.1. The van der Waals surface area contributed by atoms with Gasteiger partial charge >= 0.3 is 0 Å². The molecule has 0 unspecified atom stereocenters. The summed E-state index contributed by atoms with van der Waals surface area (Å²) in [5, 5.41) is 4.44. The van der Waals surface area contributed by atoms with Gasteiger partial charge in [-0.25, -0.2) is 0 Å². The summed E-state index contributed by atoms with van der Waals surface area (Å²) in [6.07, 6.45) is 1.82. The number of nitrogens with one attached hydrogen (secondary N) is 1. The Morgan fingerprint density at radius 3 is 2.71 bits per heavy atom. The molecule has 0 aliphatic rings. The summed E-state index contributed by atoms with van der Waals surface area (Å²) in [6.45, 7) is 3.54. The molecule has 0 saturated carbocycles. The summed E-state index contributed by atoms with van der Waals surface area (Å²) in [5.41, 5.74) is 3.23. The number of ether oxygens (including phenoxy) is 1. The van der Waals surface area contributed by atoms with Crippen LogP contribution in [0.4, 0.5) is 5.69 Å². The van der Waals surface area contributed by atoms with Crippen molar-refractivity contribution in [3.05, 3.63) is 66.4 Å². The number of nitrogens with zero attached hydrogens (tertiary/aromatic N) is 1. The molecule has 21 heavy (non-hydrogen) atoms. The summed E-state index contributed by atoms with van der Waals surface area (Å²) in [4.78, 5) is 4.39. The van der Waals surface area contributed by atoms with E-state index in [1.54, 1.807) is 0 Å². The number of fused-ring (bicyclic) bond motifs is 1. The fraction of sp³-hybridized carbons (Fsp3) is 0.167. The SMILES string of the molecule is CCNc1ccnc2ccc(OCc3ccccc3)cc12. The Hall–Kier alpha value is -2.55. The standard InChI is InChI=1S/C18H18N2O/c1-2-19-18-10-11-20-17-9-8-15(12-16(17)18)21-13-14-6-4-3-5-7-14/h3-12H,2,13H2,1H3,(H,19,20). The largest absolute Gasteiger partial charge is 0.489 e. The van der Waals surface area contributed by atoms with E-state index in [4.69, 9.17) is 4.74 Å². The molecule has 2 aromatic carbocycles. The molecular formula is C18H18N2O. The molecule has 1 heterocycles. The molecule has 0 saturated heterocycles. The van der Waals surface area contributed by atoms with Crippen LogP contribution < -0.4 is 10.1 Å². The van der Waals surface area contributed by atoms with Crippen LogP contribution in [0.1, 0.15) is 12.5 Å². The Balaban J connectivity index is 1.84. The maximum absolute atomic E-state index is 5.88. The summed E-state index contributed by atoms with van der Waals surface area (Å²) in [7, 11) is 0. The maximum Gasteiger partial charge on any atom is 0.120 e. The molecule has 0 bridgehead atoms. The van der Waals surface area contributed by atoms with Crippen molar-refractivity contribution in [2.24, 2.45) is 0 Å². The number of aromatic nitrogens is 1. The van der Waals surface area contributed by atoms with Crippen molar-refractivity contribution in [3.8, 4) is 5.75 Å². The van der Waals surface area contributed by atoms with Crippen LogP contribution in [0.25, 0.3) is 10.9 Å². The molecular weight excluding hydrogens is 260 g/mol. The van der Waals surface area contributed by atoms with Crippen molar-refractivity contribution >= 4 is 16.6 Å². The number of hydrogen-bond donors (Lipinski definition) is 1. The predicted octanol–water partition coefficient (Wildman–Crippen LogP) is 4.25. The van der Waals surface area contributed by atoms with Crippen LogP contribution in [-0.2, 0) is 6.61 Å². The van der Waals surface area contributed by atoms with E-state index < -0.39 is 0 Å². The van der Waals surface area contributed by atoms with Gasteiger partial charge < -0.3 is 10.1 Å². The fourth-order valence-electron chi connectivity index (χ4n) is 2.30. The molecule has 0 fully saturated rings. The number of anilines is 1. The second-order valence-electron chi connectivity index (χ2n) is 4.84. The van der Waals surface area contributed by atoms with Gasteiger partial charge in [-0.3, -0.25) is 4.98 Å². The monoisotopic (exact) mass is 278 g/mol. The lowest BCUT2D eigenvalue weighted by Crippen LogP contribution is -1.99. The topological polar surface area (TPSA) is 34.2 Å². The van der Waals surface area contributed by atoms with E-state index in [1.807, 2.05) is 48.7 Å². The van der Waals surface area contributed by atoms with Crippen LogP contribution in [0, 0.1) is 0 Å². The molecule has 0 aliphatic carbocycles. The molecule has 3 rings (SSSR count). The quantitative estimate of drug-likeness (QED) is 0.757. The van der Waals surface area contributed by atoms with E-state index in [0.29, 0.717) is 6.61 Å². The first-order valence-corrected chi connectivity index (χ1v) is 7.16. The first-order chi connectivity index (χ1) is 10.4. The van der Waals surface area contributed by atoms with E-state index in [0.717, 1.165) is 34.4 Å². The van der Waals surface area contributed by atoms with Crippen LogP contribution in [0.3, 0.4) is 0 Å². The van der Waals surface area contributed by atoms with Gasteiger partial charge in [-0.2, -0.15) is 0 Å². The highest BCUT2D eigenvalue weighted by atomic mass is 16.5. The summed E-state index contributed by atoms with van der Waals surface area (Å²) < 4.78 is 5.88. The Labute approximate surface area is 124 Å². The van der Waals surface area contributed by atoms with Gasteiger partial charge in [0.15, 0.2) is 0 Å². The van der Waals surface area contributed by atoms with Crippen molar-refractivity contribution in [2.75, 3.05) is 11.9 Å². The van der Waals surface area contributed by atoms with E-state index in [-0.39, 0.29) is 0 Å². The molecule has 0 spiro atoms. The Bertz CT molecular complexity index is 726. The molecule has 1 aromatic heterocycles. The van der Waals surface area contributed by atoms with Gasteiger partial charge in [0.05, 0.1) is 5.52 Å². The number of rotatable bonds is 5. The van der Waals surface area contributed by atoms with Crippen LogP contribution >= 0.6 is 0 Å². The molecule has 106 valence electrons. The van der Waals surface area contributed by atoms with E-state index in [2.05, 4.69) is 29.4 Å². The van der Waals surface area contributed by atoms with Crippen molar-refractivity contribution < 1.29 is 4.74 Å². The van der Waals surface area contributed by atoms with Gasteiger partial charge in [-0.15, -0.1) is 0 Å². The minimum atomic E-state index is 0.573. The van der Waals surface area contributed by atoms with Crippen molar-refractivity contribution in [3.63, 3.8) is 0 Å². The Morgan fingerprint density at radius 1 is 1.05 bits per heavy atom. The highest BCUT2D eigenvalue weighted by Crippen LogP contribution is 2.26. The predicted molar refractivity (Wildman–Crippen MR) is 86.7 cm³/mol. The van der Waals surface area contributed by atoms with Gasteiger partial charge in [0, 0.05) is 23.8 Å². The average molecular weight is 278 g/mol. The zero-order valence-corrected chi connectivity index (χ0v) is 12.0. The molecule has 1 N–H and O–H groups in total. The number of hydrogen-bond acceptors (Lipinski definition) is 3. The molecule has 0 atom stereocenters. The molecule has 3 aromatic rings. The van der Waals surface area contributed by atoms with Gasteiger partial charge in [-0.05, 0) is 36.8 Å². The van der Waals surface area contributed by atoms with Crippen molar-refractivity contribution in [2.45, 2.75) is 13.5 Å². The lowest BCUT2D eigenvalue weighted by Gasteiger charge is -2.10. The third kappa shape index (κ3) is 3.14. The first-order valence-electron chi connectivity index (χ1n) is 7.16. The van der Waals surface area contributed by atoms with Crippen LogP contribution in [-0.4, -0.2) is 11.5 Å². The van der Waals surface area contributed by atoms with Crippen molar-refractivity contribution in [1.82, 2.24) is 4.98 Å². The van der Waals surface area contributed by atoms with E-state index >= 15 is 0 Å². The normalized spacial score (nSPS) is 10.5. The third-order valence-corrected chi connectivity index (χ3v) is 3.33. The zero-order chi connectivity index (χ0) is 14.5. The molecule has 0 radical (unpaired) electrons. The molecule has 3 nitrogen and oxygen atoms in total. The second-order valence-corrected chi connectivity index (χ2v) is 4.84. The smallest absolute Gasteiger partial charge is 0.120 e. The third-order valence-electron chi connectivity index (χ3n) is 3.33. The van der Waals surface area contributed by atoms with Gasteiger partial charge in [0.1, 0.15) is 12.4 Å². The van der Waals surface area contributed by atoms with Gasteiger partial charge in [0.2, 0.25) is 0 Å². The zero-order valence-electron chi connectivity index (χ0n) is 12.0. The van der Waals surface area contributed by atoms with Crippen LogP contribution in [0.15, 0.2) is 60.8 Å². The first kappa shape index (κ1) is 13.4. The average Bonchev–Trinajstić information content (AvgIpc) is 2.54. The molecule has 0 amide bonds. The van der Waals surface area contributed by atoms with E-state index in [1.165, 1.54) is 0 Å². The van der Waals surface area contributed by atoms with Crippen molar-refractivity contribution in [1.29, 1.82) is 0 Å². The highest BCUT2D eigenvalue weighted by Gasteiger charge is 2.03. The summed E-state index contributed by atoms with van der Waals surface area (Å²) >= 11 is 0. The van der Waals surface area contributed by atoms with Gasteiger partial charge in [0.25, 0.3) is 0 Å². The number of pyridine rings is 1. The molecule has 0 aliphatic heterocycles. The summed E-state index contributed by atoms with van der Waals surface area (Å²) in [6, 6.07) is 18.2. The molecule has 3 heteroatoms.